The molecular weight excluding hydrogens is 290 g/mol. The summed E-state index contributed by atoms with van der Waals surface area (Å²) in [5, 5.41) is 12.9. The normalized spacial score (nSPS) is 9.79. The van der Waals surface area contributed by atoms with Crippen molar-refractivity contribution >= 4 is 34.8 Å². The van der Waals surface area contributed by atoms with Gasteiger partial charge >= 0.3 is 0 Å². The number of hydrogen-bond donors (Lipinski definition) is 4. The summed E-state index contributed by atoms with van der Waals surface area (Å²) in [4.78, 5) is 11.7. The Kier molecular flexibility index (Phi) is 6.34. The molecule has 0 heterocycles. The molecule has 0 spiro atoms. The van der Waals surface area contributed by atoms with Crippen LogP contribution in [0.25, 0.3) is 0 Å². The molecule has 19 heavy (non-hydrogen) atoms. The number of benzene rings is 1. The van der Waals surface area contributed by atoms with E-state index in [1.54, 1.807) is 7.11 Å². The summed E-state index contributed by atoms with van der Waals surface area (Å²) in [5.74, 6) is -0.710. The third kappa shape index (κ3) is 5.29. The summed E-state index contributed by atoms with van der Waals surface area (Å²) in [6, 6.07) is 4.18. The molecule has 104 valence electrons. The van der Waals surface area contributed by atoms with Gasteiger partial charge in [-0.2, -0.15) is 0 Å². The number of carbonyl (C=O) groups excluding carboxylic acids is 1. The zero-order chi connectivity index (χ0) is 14.3. The molecular formula is C11H14ClN3O3S. The fraction of sp³-hybridized carbons (Fsp3) is 0.273. The van der Waals surface area contributed by atoms with Crippen LogP contribution in [-0.4, -0.2) is 36.4 Å². The summed E-state index contributed by atoms with van der Waals surface area (Å²) in [7, 11) is 1.57. The number of phenols is 1. The van der Waals surface area contributed by atoms with E-state index in [-0.39, 0.29) is 16.4 Å². The number of halogens is 1. The Bertz CT molecular complexity index is 470. The molecule has 0 fully saturated rings. The maximum atomic E-state index is 11.7. The Balaban J connectivity index is 2.47. The molecule has 0 aliphatic rings. The average molecular weight is 304 g/mol. The number of aromatic hydroxyl groups is 1. The smallest absolute Gasteiger partial charge is 0.273 e. The van der Waals surface area contributed by atoms with Gasteiger partial charge in [-0.15, -0.1) is 0 Å². The molecule has 0 unspecified atom stereocenters. The topological polar surface area (TPSA) is 82.6 Å². The number of carbonyl (C=O) groups is 1. The van der Waals surface area contributed by atoms with Crippen molar-refractivity contribution in [1.82, 2.24) is 16.2 Å². The predicted octanol–water partition coefficient (Wildman–Crippen LogP) is 0.801. The molecule has 0 saturated heterocycles. The van der Waals surface area contributed by atoms with Crippen molar-refractivity contribution in [2.45, 2.75) is 0 Å². The van der Waals surface area contributed by atoms with E-state index in [0.717, 1.165) is 0 Å². The van der Waals surface area contributed by atoms with Crippen LogP contribution in [0.3, 0.4) is 0 Å². The van der Waals surface area contributed by atoms with Gasteiger partial charge in [0.05, 0.1) is 12.2 Å². The molecule has 1 rings (SSSR count). The van der Waals surface area contributed by atoms with Crippen LogP contribution in [0.1, 0.15) is 10.4 Å². The van der Waals surface area contributed by atoms with Gasteiger partial charge < -0.3 is 15.2 Å². The lowest BCUT2D eigenvalue weighted by Gasteiger charge is -2.11. The van der Waals surface area contributed by atoms with Crippen LogP contribution >= 0.6 is 23.8 Å². The quantitative estimate of drug-likeness (QED) is 0.374. The first kappa shape index (κ1) is 15.5. The van der Waals surface area contributed by atoms with Crippen LogP contribution < -0.4 is 16.2 Å². The van der Waals surface area contributed by atoms with Crippen LogP contribution in [0.5, 0.6) is 5.75 Å². The minimum absolute atomic E-state index is 0.0553. The van der Waals surface area contributed by atoms with E-state index in [1.165, 1.54) is 18.2 Å². The molecule has 0 saturated carbocycles. The number of thiocarbonyl (C=S) groups is 1. The van der Waals surface area contributed by atoms with E-state index < -0.39 is 5.91 Å². The predicted molar refractivity (Wildman–Crippen MR) is 76.2 cm³/mol. The van der Waals surface area contributed by atoms with Gasteiger partial charge in [0.1, 0.15) is 5.75 Å². The molecule has 1 aromatic rings. The minimum Gasteiger partial charge on any atom is -0.507 e. The van der Waals surface area contributed by atoms with E-state index in [2.05, 4.69) is 16.2 Å². The van der Waals surface area contributed by atoms with Crippen LogP contribution in [0.15, 0.2) is 18.2 Å². The number of phenolic OH excluding ortho intramolecular Hbond substituents is 1. The van der Waals surface area contributed by atoms with Crippen LogP contribution in [-0.2, 0) is 4.74 Å². The highest BCUT2D eigenvalue weighted by molar-refractivity contribution is 7.80. The number of methoxy groups -OCH3 is 1. The summed E-state index contributed by atoms with van der Waals surface area (Å²) < 4.78 is 4.83. The first-order chi connectivity index (χ1) is 9.04. The Hall–Kier alpha value is -1.57. The second-order valence-electron chi connectivity index (χ2n) is 3.49. The second-order valence-corrected chi connectivity index (χ2v) is 4.33. The highest BCUT2D eigenvalue weighted by atomic mass is 35.5. The van der Waals surface area contributed by atoms with Gasteiger partial charge in [-0.3, -0.25) is 15.6 Å². The molecule has 0 aliphatic carbocycles. The van der Waals surface area contributed by atoms with Crippen molar-refractivity contribution in [3.05, 3.63) is 28.8 Å². The molecule has 0 atom stereocenters. The zero-order valence-corrected chi connectivity index (χ0v) is 11.8. The first-order valence-corrected chi connectivity index (χ1v) is 6.15. The number of hydrogen-bond acceptors (Lipinski definition) is 4. The van der Waals surface area contributed by atoms with Gasteiger partial charge in [-0.05, 0) is 30.4 Å². The Morgan fingerprint density at radius 2 is 2.21 bits per heavy atom. The van der Waals surface area contributed by atoms with Gasteiger partial charge in [-0.25, -0.2) is 0 Å². The first-order valence-electron chi connectivity index (χ1n) is 5.36. The molecule has 1 amide bonds. The van der Waals surface area contributed by atoms with Gasteiger partial charge in [0.2, 0.25) is 0 Å². The summed E-state index contributed by atoms with van der Waals surface area (Å²) in [6.07, 6.45) is 0. The van der Waals surface area contributed by atoms with E-state index in [4.69, 9.17) is 28.6 Å². The molecule has 0 aliphatic heterocycles. The second kappa shape index (κ2) is 7.78. The highest BCUT2D eigenvalue weighted by Gasteiger charge is 2.11. The van der Waals surface area contributed by atoms with Crippen LogP contribution in [0, 0.1) is 0 Å². The lowest BCUT2D eigenvalue weighted by molar-refractivity contribution is 0.0941. The third-order valence-electron chi connectivity index (χ3n) is 2.08. The highest BCUT2D eigenvalue weighted by Crippen LogP contribution is 2.20. The van der Waals surface area contributed by atoms with Crippen molar-refractivity contribution in [1.29, 1.82) is 0 Å². The maximum Gasteiger partial charge on any atom is 0.273 e. The van der Waals surface area contributed by atoms with Crippen molar-refractivity contribution in [2.24, 2.45) is 0 Å². The fourth-order valence-corrected chi connectivity index (χ4v) is 1.51. The number of hydrazine groups is 1. The lowest BCUT2D eigenvalue weighted by Crippen LogP contribution is -2.47. The maximum absolute atomic E-state index is 11.7. The van der Waals surface area contributed by atoms with Gasteiger partial charge in [0, 0.05) is 18.7 Å². The Labute approximate surface area is 121 Å². The Morgan fingerprint density at radius 1 is 1.47 bits per heavy atom. The van der Waals surface area contributed by atoms with E-state index in [0.29, 0.717) is 18.2 Å². The molecule has 0 aromatic heterocycles. The molecule has 1 aromatic carbocycles. The fourth-order valence-electron chi connectivity index (χ4n) is 1.18. The number of amides is 1. The number of ether oxygens (including phenoxy) is 1. The van der Waals surface area contributed by atoms with Crippen molar-refractivity contribution in [3.63, 3.8) is 0 Å². The van der Waals surface area contributed by atoms with Crippen molar-refractivity contribution in [2.75, 3.05) is 20.3 Å². The Morgan fingerprint density at radius 3 is 2.89 bits per heavy atom. The van der Waals surface area contributed by atoms with Crippen molar-refractivity contribution in [3.8, 4) is 5.75 Å². The zero-order valence-electron chi connectivity index (χ0n) is 10.2. The van der Waals surface area contributed by atoms with E-state index in [9.17, 15) is 9.90 Å². The summed E-state index contributed by atoms with van der Waals surface area (Å²) in [5.41, 5.74) is 4.89. The molecule has 0 radical (unpaired) electrons. The van der Waals surface area contributed by atoms with E-state index >= 15 is 0 Å². The lowest BCUT2D eigenvalue weighted by atomic mass is 10.2. The summed E-state index contributed by atoms with van der Waals surface area (Å²) >= 11 is 10.7. The standard InChI is InChI=1S/C11H14ClN3O3S/c1-18-5-4-13-11(19)15-14-10(17)8-6-7(12)2-3-9(8)16/h2-3,6,16H,4-5H2,1H3,(H,14,17)(H2,13,15,19). The van der Waals surface area contributed by atoms with E-state index in [1.807, 2.05) is 0 Å². The van der Waals surface area contributed by atoms with Gasteiger partial charge in [0.25, 0.3) is 5.91 Å². The van der Waals surface area contributed by atoms with Gasteiger partial charge in [0.15, 0.2) is 5.11 Å². The van der Waals surface area contributed by atoms with Gasteiger partial charge in [-0.1, -0.05) is 11.6 Å². The number of nitrogens with one attached hydrogen (secondary N) is 3. The third-order valence-corrected chi connectivity index (χ3v) is 2.57. The van der Waals surface area contributed by atoms with Crippen LogP contribution in [0.4, 0.5) is 0 Å². The molecule has 8 heteroatoms. The largest absolute Gasteiger partial charge is 0.507 e. The van der Waals surface area contributed by atoms with Crippen LogP contribution in [0.2, 0.25) is 5.02 Å². The molecule has 6 nitrogen and oxygen atoms in total. The average Bonchev–Trinajstić information content (AvgIpc) is 2.39. The minimum atomic E-state index is -0.545. The SMILES string of the molecule is COCCNC(=S)NNC(=O)c1cc(Cl)ccc1O. The molecule has 0 bridgehead atoms. The monoisotopic (exact) mass is 303 g/mol. The number of rotatable bonds is 4. The molecule has 4 N–H and O–H groups in total. The van der Waals surface area contributed by atoms with Crippen molar-refractivity contribution < 1.29 is 14.6 Å². The summed E-state index contributed by atoms with van der Waals surface area (Å²) in [6.45, 7) is 1.01.